The molecule has 3 rings (SSSR count). The second-order valence-corrected chi connectivity index (χ2v) is 9.61. The van der Waals surface area contributed by atoms with Gasteiger partial charge in [0, 0.05) is 5.56 Å². The zero-order chi connectivity index (χ0) is 26.5. The van der Waals surface area contributed by atoms with E-state index in [0.717, 1.165) is 5.56 Å². The van der Waals surface area contributed by atoms with E-state index in [0.29, 0.717) is 34.9 Å². The smallest absolute Gasteiger partial charge is 0.340 e. The number of carbonyl (C=O) groups excluding carboxylic acids is 2. The molecule has 2 aromatic carbocycles. The van der Waals surface area contributed by atoms with Gasteiger partial charge in [-0.3, -0.25) is 4.98 Å². The second kappa shape index (κ2) is 11.4. The van der Waals surface area contributed by atoms with Crippen LogP contribution in [-0.4, -0.2) is 30.1 Å². The highest BCUT2D eigenvalue weighted by molar-refractivity contribution is 6.07. The molecule has 0 amide bonds. The van der Waals surface area contributed by atoms with E-state index in [1.165, 1.54) is 5.56 Å². The van der Waals surface area contributed by atoms with E-state index in [2.05, 4.69) is 50.0 Å². The number of nitrogens with zero attached hydrogens (tertiary/aromatic N) is 1. The van der Waals surface area contributed by atoms with Gasteiger partial charge in [0.05, 0.1) is 35.7 Å². The Morgan fingerprint density at radius 1 is 0.778 bits per heavy atom. The molecular formula is C30H35NO5. The lowest BCUT2D eigenvalue weighted by molar-refractivity contribution is 0.0525. The Morgan fingerprint density at radius 2 is 1.28 bits per heavy atom. The zero-order valence-corrected chi connectivity index (χ0v) is 22.2. The summed E-state index contributed by atoms with van der Waals surface area (Å²) in [7, 11) is 0. The molecule has 0 unspecified atom stereocenters. The summed E-state index contributed by atoms with van der Waals surface area (Å²) in [5, 5.41) is 0. The molecule has 0 atom stereocenters. The van der Waals surface area contributed by atoms with Gasteiger partial charge in [-0.15, -0.1) is 0 Å². The van der Waals surface area contributed by atoms with Gasteiger partial charge in [0.15, 0.2) is 0 Å². The predicted octanol–water partition coefficient (Wildman–Crippen LogP) is 6.60. The van der Waals surface area contributed by atoms with Crippen molar-refractivity contribution in [3.8, 4) is 16.9 Å². The molecule has 6 nitrogen and oxygen atoms in total. The zero-order valence-electron chi connectivity index (χ0n) is 22.2. The SMILES string of the molecule is CCOC(=O)c1c(C)nc(C)c(C(=O)OCC)c1-c1ccc(OCc2ccc(C(C)(C)C)cc2)cc1. The first-order valence-corrected chi connectivity index (χ1v) is 12.2. The highest BCUT2D eigenvalue weighted by Gasteiger charge is 2.27. The van der Waals surface area contributed by atoms with E-state index in [9.17, 15) is 9.59 Å². The monoisotopic (exact) mass is 489 g/mol. The van der Waals surface area contributed by atoms with Crippen LogP contribution in [0.25, 0.3) is 11.1 Å². The molecule has 1 aromatic heterocycles. The van der Waals surface area contributed by atoms with Crippen LogP contribution in [0.15, 0.2) is 48.5 Å². The van der Waals surface area contributed by atoms with Crippen molar-refractivity contribution in [1.82, 2.24) is 4.98 Å². The minimum atomic E-state index is -0.526. The molecule has 190 valence electrons. The van der Waals surface area contributed by atoms with Crippen molar-refractivity contribution < 1.29 is 23.8 Å². The number of rotatable bonds is 8. The van der Waals surface area contributed by atoms with Crippen molar-refractivity contribution >= 4 is 11.9 Å². The normalized spacial score (nSPS) is 11.2. The first-order valence-electron chi connectivity index (χ1n) is 12.2. The summed E-state index contributed by atoms with van der Waals surface area (Å²) < 4.78 is 16.6. The molecule has 0 fully saturated rings. The van der Waals surface area contributed by atoms with Gasteiger partial charge < -0.3 is 14.2 Å². The van der Waals surface area contributed by atoms with Crippen LogP contribution < -0.4 is 4.74 Å². The number of esters is 2. The van der Waals surface area contributed by atoms with Gasteiger partial charge in [-0.05, 0) is 61.9 Å². The number of benzene rings is 2. The van der Waals surface area contributed by atoms with E-state index in [1.54, 1.807) is 27.7 Å². The van der Waals surface area contributed by atoms with Crippen LogP contribution in [0.4, 0.5) is 0 Å². The first-order chi connectivity index (χ1) is 17.1. The number of aromatic nitrogens is 1. The van der Waals surface area contributed by atoms with Crippen LogP contribution >= 0.6 is 0 Å². The molecule has 0 aliphatic carbocycles. The van der Waals surface area contributed by atoms with Gasteiger partial charge in [0.2, 0.25) is 0 Å². The van der Waals surface area contributed by atoms with Crippen molar-refractivity contribution in [2.75, 3.05) is 13.2 Å². The molecule has 0 bridgehead atoms. The summed E-state index contributed by atoms with van der Waals surface area (Å²) in [4.78, 5) is 30.2. The van der Waals surface area contributed by atoms with Crippen LogP contribution in [0.2, 0.25) is 0 Å². The number of hydrogen-bond acceptors (Lipinski definition) is 6. The Hall–Kier alpha value is -3.67. The highest BCUT2D eigenvalue weighted by atomic mass is 16.5. The second-order valence-electron chi connectivity index (χ2n) is 9.61. The third-order valence-electron chi connectivity index (χ3n) is 5.89. The summed E-state index contributed by atoms with van der Waals surface area (Å²) in [5.74, 6) is -0.374. The first kappa shape index (κ1) is 26.9. The van der Waals surface area contributed by atoms with Gasteiger partial charge >= 0.3 is 11.9 Å². The summed E-state index contributed by atoms with van der Waals surface area (Å²) >= 11 is 0. The van der Waals surface area contributed by atoms with Crippen LogP contribution in [0.1, 0.15) is 77.8 Å². The maximum Gasteiger partial charge on any atom is 0.340 e. The van der Waals surface area contributed by atoms with Gasteiger partial charge in [0.1, 0.15) is 12.4 Å². The average Bonchev–Trinajstić information content (AvgIpc) is 2.82. The van der Waals surface area contributed by atoms with Crippen LogP contribution in [0, 0.1) is 13.8 Å². The fourth-order valence-electron chi connectivity index (χ4n) is 4.03. The third-order valence-corrected chi connectivity index (χ3v) is 5.89. The van der Waals surface area contributed by atoms with E-state index < -0.39 is 11.9 Å². The van der Waals surface area contributed by atoms with Gasteiger partial charge in [-0.2, -0.15) is 0 Å². The van der Waals surface area contributed by atoms with Crippen molar-refractivity contribution in [2.45, 2.75) is 60.5 Å². The molecule has 36 heavy (non-hydrogen) atoms. The maximum absolute atomic E-state index is 12.9. The van der Waals surface area contributed by atoms with E-state index >= 15 is 0 Å². The molecule has 0 radical (unpaired) electrons. The van der Waals surface area contributed by atoms with Crippen molar-refractivity contribution in [1.29, 1.82) is 0 Å². The molecule has 1 heterocycles. The van der Waals surface area contributed by atoms with Gasteiger partial charge in [-0.25, -0.2) is 9.59 Å². The summed E-state index contributed by atoms with van der Waals surface area (Å²) in [6.45, 7) is 14.4. The van der Waals surface area contributed by atoms with Crippen LogP contribution in [0.5, 0.6) is 5.75 Å². The third kappa shape index (κ3) is 6.11. The van der Waals surface area contributed by atoms with Crippen LogP contribution in [0.3, 0.4) is 0 Å². The molecule has 0 saturated carbocycles. The molecule has 3 aromatic rings. The van der Waals surface area contributed by atoms with Crippen molar-refractivity contribution in [3.05, 3.63) is 82.2 Å². The van der Waals surface area contributed by atoms with E-state index in [-0.39, 0.29) is 29.8 Å². The Balaban J connectivity index is 1.94. The summed E-state index contributed by atoms with van der Waals surface area (Å²) in [6.07, 6.45) is 0. The molecule has 0 aliphatic heterocycles. The highest BCUT2D eigenvalue weighted by Crippen LogP contribution is 2.34. The fourth-order valence-corrected chi connectivity index (χ4v) is 4.03. The van der Waals surface area contributed by atoms with Gasteiger partial charge in [0.25, 0.3) is 0 Å². The predicted molar refractivity (Wildman–Crippen MR) is 141 cm³/mol. The lowest BCUT2D eigenvalue weighted by Crippen LogP contribution is -2.17. The lowest BCUT2D eigenvalue weighted by atomic mass is 9.87. The Labute approximate surface area is 213 Å². The quantitative estimate of drug-likeness (QED) is 0.332. The number of hydrogen-bond donors (Lipinski definition) is 0. The molecule has 0 aliphatic rings. The standard InChI is InChI=1S/C30H35NO5/c1-8-34-28(32)25-19(3)31-20(4)26(29(33)35-9-2)27(25)22-12-16-24(17-13-22)36-18-21-10-14-23(15-11-21)30(5,6)7/h10-17H,8-9,18H2,1-7H3. The number of ether oxygens (including phenoxy) is 3. The largest absolute Gasteiger partial charge is 0.489 e. The van der Waals surface area contributed by atoms with E-state index in [4.69, 9.17) is 14.2 Å². The molecule has 6 heteroatoms. The molecular weight excluding hydrogens is 454 g/mol. The topological polar surface area (TPSA) is 74.7 Å². The van der Waals surface area contributed by atoms with Crippen molar-refractivity contribution in [3.63, 3.8) is 0 Å². The van der Waals surface area contributed by atoms with E-state index in [1.807, 2.05) is 24.3 Å². The minimum Gasteiger partial charge on any atom is -0.489 e. The molecule has 0 spiro atoms. The Morgan fingerprint density at radius 3 is 1.72 bits per heavy atom. The number of pyridine rings is 1. The molecule has 0 N–H and O–H groups in total. The fraction of sp³-hybridized carbons (Fsp3) is 0.367. The minimum absolute atomic E-state index is 0.101. The summed E-state index contributed by atoms with van der Waals surface area (Å²) in [6, 6.07) is 15.7. The van der Waals surface area contributed by atoms with Gasteiger partial charge in [-0.1, -0.05) is 57.2 Å². The number of carbonyl (C=O) groups is 2. The summed E-state index contributed by atoms with van der Waals surface area (Å²) in [5.41, 5.74) is 5.09. The Bertz CT molecular complexity index is 1180. The maximum atomic E-state index is 12.9. The Kier molecular flexibility index (Phi) is 8.51. The number of aryl methyl sites for hydroxylation is 2. The average molecular weight is 490 g/mol. The van der Waals surface area contributed by atoms with Crippen molar-refractivity contribution in [2.24, 2.45) is 0 Å². The molecule has 0 saturated heterocycles. The van der Waals surface area contributed by atoms with Crippen LogP contribution in [-0.2, 0) is 21.5 Å². The lowest BCUT2D eigenvalue weighted by Gasteiger charge is -2.19.